The van der Waals surface area contributed by atoms with Crippen LogP contribution in [-0.4, -0.2) is 22.9 Å². The van der Waals surface area contributed by atoms with E-state index in [1.807, 2.05) is 0 Å². The molecule has 1 aromatic rings. The molecule has 0 fully saturated rings. The van der Waals surface area contributed by atoms with E-state index in [1.165, 1.54) is 24.3 Å². The fraction of sp³-hybridized carbons (Fsp3) is 0.273. The van der Waals surface area contributed by atoms with Crippen molar-refractivity contribution < 1.29 is 19.1 Å². The third kappa shape index (κ3) is 4.40. The molecule has 0 saturated heterocycles. The lowest BCUT2D eigenvalue weighted by molar-refractivity contribution is -0.137. The van der Waals surface area contributed by atoms with Gasteiger partial charge in [0.1, 0.15) is 11.7 Å². The van der Waals surface area contributed by atoms with Gasteiger partial charge in [-0.25, -0.2) is 4.39 Å². The Hall–Kier alpha value is -1.62. The number of alkyl halides is 1. The number of carboxylic acids is 1. The van der Waals surface area contributed by atoms with Crippen LogP contribution < -0.4 is 5.32 Å². The molecule has 0 aliphatic carbocycles. The van der Waals surface area contributed by atoms with Gasteiger partial charge >= 0.3 is 5.97 Å². The second-order valence-corrected chi connectivity index (χ2v) is 3.67. The molecule has 0 spiro atoms. The number of carbonyl (C=O) groups is 2. The van der Waals surface area contributed by atoms with Crippen molar-refractivity contribution in [3.05, 3.63) is 35.6 Å². The van der Waals surface area contributed by atoms with Crippen molar-refractivity contribution in [1.29, 1.82) is 0 Å². The molecule has 1 rings (SSSR count). The lowest BCUT2D eigenvalue weighted by atomic mass is 10.0. The zero-order valence-electron chi connectivity index (χ0n) is 8.82. The SMILES string of the molecule is O=C(O)CC(NC(=O)CCl)c1ccc(F)cc1. The third-order valence-corrected chi connectivity index (χ3v) is 2.35. The van der Waals surface area contributed by atoms with Crippen LogP contribution in [0, 0.1) is 5.82 Å². The maximum absolute atomic E-state index is 12.7. The molecule has 0 bridgehead atoms. The Labute approximate surface area is 102 Å². The molecule has 1 unspecified atom stereocenters. The Kier molecular flexibility index (Phi) is 4.90. The lowest BCUT2D eigenvalue weighted by Gasteiger charge is -2.16. The summed E-state index contributed by atoms with van der Waals surface area (Å²) in [4.78, 5) is 21.8. The number of amides is 1. The summed E-state index contributed by atoms with van der Waals surface area (Å²) >= 11 is 5.33. The van der Waals surface area contributed by atoms with E-state index in [0.717, 1.165) is 0 Å². The number of hydrogen-bond donors (Lipinski definition) is 2. The third-order valence-electron chi connectivity index (χ3n) is 2.11. The number of nitrogens with one attached hydrogen (secondary N) is 1. The van der Waals surface area contributed by atoms with Gasteiger partial charge in [0.25, 0.3) is 0 Å². The zero-order chi connectivity index (χ0) is 12.8. The summed E-state index contributed by atoms with van der Waals surface area (Å²) in [6.07, 6.45) is -0.283. The Morgan fingerprint density at radius 1 is 1.35 bits per heavy atom. The highest BCUT2D eigenvalue weighted by molar-refractivity contribution is 6.27. The number of hydrogen-bond acceptors (Lipinski definition) is 2. The van der Waals surface area contributed by atoms with E-state index in [0.29, 0.717) is 5.56 Å². The summed E-state index contributed by atoms with van der Waals surface area (Å²) in [5.74, 6) is -2.21. The minimum Gasteiger partial charge on any atom is -0.481 e. The summed E-state index contributed by atoms with van der Waals surface area (Å²) in [5, 5.41) is 11.2. The van der Waals surface area contributed by atoms with Gasteiger partial charge in [-0.05, 0) is 17.7 Å². The number of halogens is 2. The standard InChI is InChI=1S/C11H11ClFNO3/c12-6-10(15)14-9(5-11(16)17)7-1-3-8(13)4-2-7/h1-4,9H,5-6H2,(H,14,15)(H,16,17). The highest BCUT2D eigenvalue weighted by Crippen LogP contribution is 2.17. The maximum atomic E-state index is 12.7. The number of carbonyl (C=O) groups excluding carboxylic acids is 1. The van der Waals surface area contributed by atoms with Crippen molar-refractivity contribution in [3.8, 4) is 0 Å². The molecule has 92 valence electrons. The molecular weight excluding hydrogens is 249 g/mol. The number of aliphatic carboxylic acids is 1. The van der Waals surface area contributed by atoms with Crippen molar-refractivity contribution in [2.75, 3.05) is 5.88 Å². The van der Waals surface area contributed by atoms with E-state index in [9.17, 15) is 14.0 Å². The molecule has 0 radical (unpaired) electrons. The first-order valence-electron chi connectivity index (χ1n) is 4.85. The fourth-order valence-corrected chi connectivity index (χ4v) is 1.43. The van der Waals surface area contributed by atoms with Gasteiger partial charge in [0.2, 0.25) is 5.91 Å². The molecule has 6 heteroatoms. The number of rotatable bonds is 5. The molecule has 0 saturated carbocycles. The second-order valence-electron chi connectivity index (χ2n) is 3.40. The predicted octanol–water partition coefficient (Wildman–Crippen LogP) is 1.70. The summed E-state index contributed by atoms with van der Waals surface area (Å²) < 4.78 is 12.7. The molecule has 4 nitrogen and oxygen atoms in total. The van der Waals surface area contributed by atoms with Gasteiger partial charge in [0, 0.05) is 0 Å². The van der Waals surface area contributed by atoms with Crippen LogP contribution in [-0.2, 0) is 9.59 Å². The second kappa shape index (κ2) is 6.20. The van der Waals surface area contributed by atoms with Crippen LogP contribution in [0.5, 0.6) is 0 Å². The Balaban J connectivity index is 2.85. The van der Waals surface area contributed by atoms with E-state index in [2.05, 4.69) is 5.32 Å². The summed E-state index contributed by atoms with van der Waals surface area (Å²) in [5.41, 5.74) is 0.521. The average molecular weight is 260 g/mol. The molecular formula is C11H11ClFNO3. The van der Waals surface area contributed by atoms with Gasteiger partial charge in [0.15, 0.2) is 0 Å². The van der Waals surface area contributed by atoms with Gasteiger partial charge in [-0.1, -0.05) is 12.1 Å². The average Bonchev–Trinajstić information content (AvgIpc) is 2.28. The van der Waals surface area contributed by atoms with E-state index >= 15 is 0 Å². The first kappa shape index (κ1) is 13.4. The van der Waals surface area contributed by atoms with Crippen LogP contribution in [0.3, 0.4) is 0 Å². The molecule has 2 N–H and O–H groups in total. The van der Waals surface area contributed by atoms with Crippen LogP contribution in [0.2, 0.25) is 0 Å². The van der Waals surface area contributed by atoms with E-state index in [4.69, 9.17) is 16.7 Å². The minimum atomic E-state index is -1.06. The first-order chi connectivity index (χ1) is 8.02. The fourth-order valence-electron chi connectivity index (χ4n) is 1.35. The molecule has 1 atom stereocenters. The van der Waals surface area contributed by atoms with Crippen LogP contribution in [0.25, 0.3) is 0 Å². The van der Waals surface area contributed by atoms with Crippen LogP contribution >= 0.6 is 11.6 Å². The van der Waals surface area contributed by atoms with Crippen molar-refractivity contribution in [3.63, 3.8) is 0 Å². The smallest absolute Gasteiger partial charge is 0.305 e. The van der Waals surface area contributed by atoms with E-state index < -0.39 is 23.7 Å². The Morgan fingerprint density at radius 2 is 1.94 bits per heavy atom. The first-order valence-corrected chi connectivity index (χ1v) is 5.39. The Morgan fingerprint density at radius 3 is 2.41 bits per heavy atom. The molecule has 0 aromatic heterocycles. The molecule has 1 aromatic carbocycles. The molecule has 1 amide bonds. The van der Waals surface area contributed by atoms with Crippen molar-refractivity contribution in [2.45, 2.75) is 12.5 Å². The largest absolute Gasteiger partial charge is 0.481 e. The quantitative estimate of drug-likeness (QED) is 0.791. The molecule has 17 heavy (non-hydrogen) atoms. The Bertz CT molecular complexity index is 408. The van der Waals surface area contributed by atoms with Crippen LogP contribution in [0.4, 0.5) is 4.39 Å². The normalized spacial score (nSPS) is 11.9. The topological polar surface area (TPSA) is 66.4 Å². The molecule has 0 aliphatic heterocycles. The summed E-state index contributed by atoms with van der Waals surface area (Å²) in [6, 6.07) is 4.56. The van der Waals surface area contributed by atoms with E-state index in [-0.39, 0.29) is 12.3 Å². The van der Waals surface area contributed by atoms with Gasteiger partial charge in [0.05, 0.1) is 12.5 Å². The van der Waals surface area contributed by atoms with E-state index in [1.54, 1.807) is 0 Å². The van der Waals surface area contributed by atoms with Gasteiger partial charge in [-0.2, -0.15) is 0 Å². The predicted molar refractivity (Wildman–Crippen MR) is 60.3 cm³/mol. The number of carboxylic acid groups (broad SMARTS) is 1. The highest BCUT2D eigenvalue weighted by Gasteiger charge is 2.17. The number of benzene rings is 1. The van der Waals surface area contributed by atoms with Crippen LogP contribution in [0.1, 0.15) is 18.0 Å². The summed E-state index contributed by atoms with van der Waals surface area (Å²) in [6.45, 7) is 0. The van der Waals surface area contributed by atoms with Crippen molar-refractivity contribution in [1.82, 2.24) is 5.32 Å². The van der Waals surface area contributed by atoms with Gasteiger partial charge in [-0.3, -0.25) is 9.59 Å². The lowest BCUT2D eigenvalue weighted by Crippen LogP contribution is -2.30. The van der Waals surface area contributed by atoms with Gasteiger partial charge in [-0.15, -0.1) is 11.6 Å². The summed E-state index contributed by atoms with van der Waals surface area (Å²) in [7, 11) is 0. The molecule has 0 aliphatic rings. The minimum absolute atomic E-state index is 0.253. The maximum Gasteiger partial charge on any atom is 0.305 e. The van der Waals surface area contributed by atoms with Crippen molar-refractivity contribution in [2.24, 2.45) is 0 Å². The molecule has 0 heterocycles. The van der Waals surface area contributed by atoms with Crippen LogP contribution in [0.15, 0.2) is 24.3 Å². The monoisotopic (exact) mass is 259 g/mol. The highest BCUT2D eigenvalue weighted by atomic mass is 35.5. The zero-order valence-corrected chi connectivity index (χ0v) is 9.58. The van der Waals surface area contributed by atoms with Crippen molar-refractivity contribution >= 4 is 23.5 Å². The van der Waals surface area contributed by atoms with Gasteiger partial charge < -0.3 is 10.4 Å².